The van der Waals surface area contributed by atoms with E-state index < -0.39 is 17.6 Å². The fourth-order valence-corrected chi connectivity index (χ4v) is 1.09. The van der Waals surface area contributed by atoms with Crippen molar-refractivity contribution >= 4 is 0 Å². The standard InChI is InChI=1S/C9H10FN3O/c10-7-2-5(3-11)1-6(9(7)14)8(13)4-12/h1-2,8,14H,4,12-13H2. The van der Waals surface area contributed by atoms with Gasteiger partial charge in [-0.15, -0.1) is 0 Å². The fraction of sp³-hybridized carbons (Fsp3) is 0.222. The summed E-state index contributed by atoms with van der Waals surface area (Å²) < 4.78 is 13.0. The Hall–Kier alpha value is -1.64. The van der Waals surface area contributed by atoms with Crippen LogP contribution in [0, 0.1) is 17.1 Å². The SMILES string of the molecule is N#Cc1cc(F)c(O)c(C(N)CN)c1. The van der Waals surface area contributed by atoms with E-state index in [4.69, 9.17) is 16.7 Å². The van der Waals surface area contributed by atoms with Gasteiger partial charge in [0.2, 0.25) is 0 Å². The Labute approximate surface area is 80.6 Å². The van der Waals surface area contributed by atoms with Crippen LogP contribution in [0.5, 0.6) is 5.75 Å². The number of rotatable bonds is 2. The maximum absolute atomic E-state index is 13.0. The van der Waals surface area contributed by atoms with E-state index >= 15 is 0 Å². The average molecular weight is 195 g/mol. The molecule has 0 fully saturated rings. The highest BCUT2D eigenvalue weighted by Crippen LogP contribution is 2.26. The van der Waals surface area contributed by atoms with Crippen LogP contribution in [0.2, 0.25) is 0 Å². The van der Waals surface area contributed by atoms with Crippen molar-refractivity contribution in [2.75, 3.05) is 6.54 Å². The molecular formula is C9H10FN3O. The van der Waals surface area contributed by atoms with Crippen LogP contribution in [0.15, 0.2) is 12.1 Å². The smallest absolute Gasteiger partial charge is 0.166 e. The van der Waals surface area contributed by atoms with Gasteiger partial charge >= 0.3 is 0 Å². The zero-order valence-corrected chi connectivity index (χ0v) is 7.37. The second-order valence-electron chi connectivity index (χ2n) is 2.85. The minimum atomic E-state index is -0.858. The first kappa shape index (κ1) is 10.4. The lowest BCUT2D eigenvalue weighted by molar-refractivity contribution is 0.421. The fourth-order valence-electron chi connectivity index (χ4n) is 1.09. The van der Waals surface area contributed by atoms with Crippen molar-refractivity contribution in [3.8, 4) is 11.8 Å². The molecule has 0 amide bonds. The van der Waals surface area contributed by atoms with Gasteiger partial charge in [-0.3, -0.25) is 0 Å². The molecule has 0 radical (unpaired) electrons. The zero-order valence-electron chi connectivity index (χ0n) is 7.37. The number of nitriles is 1. The molecule has 74 valence electrons. The van der Waals surface area contributed by atoms with Crippen LogP contribution in [-0.4, -0.2) is 11.7 Å². The molecule has 0 saturated heterocycles. The molecule has 0 heterocycles. The Morgan fingerprint density at radius 3 is 2.71 bits per heavy atom. The summed E-state index contributed by atoms with van der Waals surface area (Å²) in [5.74, 6) is -1.40. The maximum Gasteiger partial charge on any atom is 0.166 e. The van der Waals surface area contributed by atoms with E-state index in [1.54, 1.807) is 6.07 Å². The number of hydrogen-bond acceptors (Lipinski definition) is 4. The largest absolute Gasteiger partial charge is 0.505 e. The van der Waals surface area contributed by atoms with E-state index in [1.165, 1.54) is 6.07 Å². The zero-order chi connectivity index (χ0) is 10.7. The molecule has 1 aromatic carbocycles. The molecule has 5 N–H and O–H groups in total. The quantitative estimate of drug-likeness (QED) is 0.634. The third-order valence-electron chi connectivity index (χ3n) is 1.88. The van der Waals surface area contributed by atoms with Crippen LogP contribution in [0.1, 0.15) is 17.2 Å². The van der Waals surface area contributed by atoms with Crippen molar-refractivity contribution in [3.05, 3.63) is 29.1 Å². The molecule has 0 saturated carbocycles. The van der Waals surface area contributed by atoms with Gasteiger partial charge in [0.1, 0.15) is 0 Å². The summed E-state index contributed by atoms with van der Waals surface area (Å²) in [6, 6.07) is 3.37. The highest BCUT2D eigenvalue weighted by Gasteiger charge is 2.14. The molecule has 1 atom stereocenters. The molecule has 1 aromatic rings. The Morgan fingerprint density at radius 2 is 2.21 bits per heavy atom. The summed E-state index contributed by atoms with van der Waals surface area (Å²) in [5, 5.41) is 17.9. The molecular weight excluding hydrogens is 185 g/mol. The van der Waals surface area contributed by atoms with Crippen LogP contribution >= 0.6 is 0 Å². The first-order valence-electron chi connectivity index (χ1n) is 3.98. The van der Waals surface area contributed by atoms with Gasteiger partial charge in [-0.25, -0.2) is 4.39 Å². The molecule has 0 aromatic heterocycles. The first-order valence-corrected chi connectivity index (χ1v) is 3.98. The van der Waals surface area contributed by atoms with Crippen LogP contribution in [0.4, 0.5) is 4.39 Å². The van der Waals surface area contributed by atoms with Gasteiger partial charge < -0.3 is 16.6 Å². The van der Waals surface area contributed by atoms with Gasteiger partial charge in [0.15, 0.2) is 11.6 Å². The van der Waals surface area contributed by atoms with Crippen LogP contribution in [-0.2, 0) is 0 Å². The summed E-state index contributed by atoms with van der Waals surface area (Å²) >= 11 is 0. The van der Waals surface area contributed by atoms with E-state index in [-0.39, 0.29) is 17.7 Å². The third-order valence-corrected chi connectivity index (χ3v) is 1.88. The summed E-state index contributed by atoms with van der Waals surface area (Å²) in [6.45, 7) is 0.0713. The third kappa shape index (κ3) is 1.82. The molecule has 0 aliphatic carbocycles. The van der Waals surface area contributed by atoms with Crippen molar-refractivity contribution < 1.29 is 9.50 Å². The first-order chi connectivity index (χ1) is 6.60. The van der Waals surface area contributed by atoms with E-state index in [0.717, 1.165) is 6.07 Å². The molecule has 4 nitrogen and oxygen atoms in total. The summed E-state index contributed by atoms with van der Waals surface area (Å²) in [7, 11) is 0. The van der Waals surface area contributed by atoms with Gasteiger partial charge in [0.25, 0.3) is 0 Å². The van der Waals surface area contributed by atoms with Gasteiger partial charge in [0.05, 0.1) is 11.6 Å². The molecule has 14 heavy (non-hydrogen) atoms. The Morgan fingerprint density at radius 1 is 1.57 bits per heavy atom. The second kappa shape index (κ2) is 4.05. The number of halogens is 1. The van der Waals surface area contributed by atoms with Crippen LogP contribution in [0.25, 0.3) is 0 Å². The predicted molar refractivity (Wildman–Crippen MR) is 48.8 cm³/mol. The number of hydrogen-bond donors (Lipinski definition) is 3. The van der Waals surface area contributed by atoms with Crippen molar-refractivity contribution in [3.63, 3.8) is 0 Å². The van der Waals surface area contributed by atoms with Gasteiger partial charge in [-0.1, -0.05) is 0 Å². The topological polar surface area (TPSA) is 96.1 Å². The Kier molecular flexibility index (Phi) is 3.02. The number of aromatic hydroxyl groups is 1. The Bertz CT molecular complexity index is 386. The van der Waals surface area contributed by atoms with Crippen molar-refractivity contribution in [2.24, 2.45) is 11.5 Å². The number of phenols is 1. The number of phenolic OH excluding ortho intramolecular Hbond substituents is 1. The molecule has 5 heteroatoms. The lowest BCUT2D eigenvalue weighted by Crippen LogP contribution is -2.21. The van der Waals surface area contributed by atoms with E-state index in [0.29, 0.717) is 0 Å². The lowest BCUT2D eigenvalue weighted by atomic mass is 10.0. The number of nitrogens with two attached hydrogens (primary N) is 2. The summed E-state index contributed by atoms with van der Waals surface area (Å²) in [5.41, 5.74) is 11.1. The van der Waals surface area contributed by atoms with Crippen molar-refractivity contribution in [1.29, 1.82) is 5.26 Å². The molecule has 0 spiro atoms. The average Bonchev–Trinajstić information content (AvgIpc) is 2.20. The van der Waals surface area contributed by atoms with Crippen LogP contribution < -0.4 is 11.5 Å². The predicted octanol–water partition coefficient (Wildman–Crippen LogP) is 0.361. The van der Waals surface area contributed by atoms with E-state index in [2.05, 4.69) is 0 Å². The molecule has 1 rings (SSSR count). The summed E-state index contributed by atoms with van der Waals surface area (Å²) in [4.78, 5) is 0. The van der Waals surface area contributed by atoms with Crippen molar-refractivity contribution in [1.82, 2.24) is 0 Å². The molecule has 0 aliphatic rings. The molecule has 0 bridgehead atoms. The lowest BCUT2D eigenvalue weighted by Gasteiger charge is -2.11. The van der Waals surface area contributed by atoms with Gasteiger partial charge in [0, 0.05) is 18.2 Å². The van der Waals surface area contributed by atoms with Gasteiger partial charge in [-0.05, 0) is 12.1 Å². The normalized spacial score (nSPS) is 12.1. The Balaban J connectivity index is 3.28. The number of nitrogens with zero attached hydrogens (tertiary/aromatic N) is 1. The van der Waals surface area contributed by atoms with Gasteiger partial charge in [-0.2, -0.15) is 5.26 Å². The molecule has 0 aliphatic heterocycles. The molecule has 1 unspecified atom stereocenters. The summed E-state index contributed by atoms with van der Waals surface area (Å²) in [6.07, 6.45) is 0. The second-order valence-corrected chi connectivity index (χ2v) is 2.85. The van der Waals surface area contributed by atoms with Crippen LogP contribution in [0.3, 0.4) is 0 Å². The van der Waals surface area contributed by atoms with E-state index in [9.17, 15) is 9.50 Å². The number of benzene rings is 1. The highest BCUT2D eigenvalue weighted by atomic mass is 19.1. The highest BCUT2D eigenvalue weighted by molar-refractivity contribution is 5.44. The minimum Gasteiger partial charge on any atom is -0.505 e. The monoisotopic (exact) mass is 195 g/mol. The van der Waals surface area contributed by atoms with Crippen molar-refractivity contribution in [2.45, 2.75) is 6.04 Å². The van der Waals surface area contributed by atoms with E-state index in [1.807, 2.05) is 0 Å². The maximum atomic E-state index is 13.0. The minimum absolute atomic E-state index is 0.0713.